The number of methoxy groups -OCH3 is 1. The minimum absolute atomic E-state index is 0.277. The average molecular weight is 306 g/mol. The first-order chi connectivity index (χ1) is 11.2. The van der Waals surface area contributed by atoms with Gasteiger partial charge in [0.1, 0.15) is 17.5 Å². The van der Waals surface area contributed by atoms with E-state index in [4.69, 9.17) is 5.26 Å². The van der Waals surface area contributed by atoms with Crippen molar-refractivity contribution in [2.75, 3.05) is 7.11 Å². The topological polar surface area (TPSA) is 117 Å². The molecule has 23 heavy (non-hydrogen) atoms. The summed E-state index contributed by atoms with van der Waals surface area (Å²) >= 11 is 0. The van der Waals surface area contributed by atoms with Crippen molar-refractivity contribution >= 4 is 5.97 Å². The van der Waals surface area contributed by atoms with Crippen molar-refractivity contribution in [1.82, 2.24) is 25.1 Å². The Kier molecular flexibility index (Phi) is 3.76. The van der Waals surface area contributed by atoms with Gasteiger partial charge in [-0.1, -0.05) is 0 Å². The van der Waals surface area contributed by atoms with E-state index in [9.17, 15) is 4.79 Å². The van der Waals surface area contributed by atoms with Gasteiger partial charge in [0.15, 0.2) is 11.6 Å². The van der Waals surface area contributed by atoms with E-state index in [1.54, 1.807) is 24.3 Å². The zero-order valence-electron chi connectivity index (χ0n) is 12.0. The molecule has 0 aliphatic rings. The number of nitriles is 1. The van der Waals surface area contributed by atoms with Crippen molar-refractivity contribution in [3.8, 4) is 29.0 Å². The van der Waals surface area contributed by atoms with Gasteiger partial charge in [0, 0.05) is 18.0 Å². The van der Waals surface area contributed by atoms with E-state index in [0.29, 0.717) is 28.5 Å². The number of nitrogens with zero attached hydrogens (tertiary/aromatic N) is 5. The van der Waals surface area contributed by atoms with Crippen LogP contribution in [0.25, 0.3) is 22.9 Å². The van der Waals surface area contributed by atoms with Crippen molar-refractivity contribution in [3.05, 3.63) is 47.9 Å². The standard InChI is InChI=1S/C15H10N6O2/c1-23-15(22)10-3-5-18-12(7-10)14-19-13(20-21-14)9-2-4-17-11(6-9)8-16/h2-7H,1H3,(H,19,20,21). The van der Waals surface area contributed by atoms with Crippen LogP contribution in [0.5, 0.6) is 0 Å². The molecule has 3 rings (SSSR count). The van der Waals surface area contributed by atoms with Gasteiger partial charge in [-0.15, -0.1) is 0 Å². The highest BCUT2D eigenvalue weighted by atomic mass is 16.5. The van der Waals surface area contributed by atoms with E-state index in [2.05, 4.69) is 29.9 Å². The Bertz CT molecular complexity index is 912. The summed E-state index contributed by atoms with van der Waals surface area (Å²) in [6.07, 6.45) is 3.00. The summed E-state index contributed by atoms with van der Waals surface area (Å²) in [7, 11) is 1.31. The van der Waals surface area contributed by atoms with E-state index < -0.39 is 5.97 Å². The smallest absolute Gasteiger partial charge is 0.337 e. The molecule has 8 heteroatoms. The van der Waals surface area contributed by atoms with Crippen LogP contribution in [-0.2, 0) is 4.74 Å². The molecular formula is C15H10N6O2. The van der Waals surface area contributed by atoms with Crippen molar-refractivity contribution in [3.63, 3.8) is 0 Å². The van der Waals surface area contributed by atoms with Crippen molar-refractivity contribution in [2.45, 2.75) is 0 Å². The zero-order chi connectivity index (χ0) is 16.2. The number of pyridine rings is 2. The lowest BCUT2D eigenvalue weighted by atomic mass is 10.2. The summed E-state index contributed by atoms with van der Waals surface area (Å²) in [6.45, 7) is 0. The van der Waals surface area contributed by atoms with Crippen molar-refractivity contribution in [2.24, 2.45) is 0 Å². The third-order valence-corrected chi connectivity index (χ3v) is 3.04. The first-order valence-corrected chi connectivity index (χ1v) is 6.55. The summed E-state index contributed by atoms with van der Waals surface area (Å²) in [6, 6.07) is 8.36. The summed E-state index contributed by atoms with van der Waals surface area (Å²) < 4.78 is 4.68. The van der Waals surface area contributed by atoms with Gasteiger partial charge in [0.05, 0.1) is 12.7 Å². The second kappa shape index (κ2) is 6.03. The molecule has 0 spiro atoms. The summed E-state index contributed by atoms with van der Waals surface area (Å²) in [4.78, 5) is 24.0. The normalized spacial score (nSPS) is 10.1. The van der Waals surface area contributed by atoms with E-state index in [-0.39, 0.29) is 5.69 Å². The van der Waals surface area contributed by atoms with Crippen LogP contribution in [0.15, 0.2) is 36.7 Å². The molecule has 0 amide bonds. The molecule has 8 nitrogen and oxygen atoms in total. The lowest BCUT2D eigenvalue weighted by Gasteiger charge is -2.00. The molecule has 3 heterocycles. The number of esters is 1. The first kappa shape index (κ1) is 14.3. The second-order valence-corrected chi connectivity index (χ2v) is 4.47. The molecule has 0 aromatic carbocycles. The van der Waals surface area contributed by atoms with Crippen LogP contribution in [0.2, 0.25) is 0 Å². The Morgan fingerprint density at radius 2 is 2.09 bits per heavy atom. The maximum atomic E-state index is 11.6. The third kappa shape index (κ3) is 2.89. The number of hydrogen-bond donors (Lipinski definition) is 1. The molecule has 0 saturated heterocycles. The monoisotopic (exact) mass is 306 g/mol. The Morgan fingerprint density at radius 3 is 2.87 bits per heavy atom. The summed E-state index contributed by atoms with van der Waals surface area (Å²) in [5.74, 6) is 0.353. The van der Waals surface area contributed by atoms with Gasteiger partial charge < -0.3 is 4.74 Å². The molecule has 0 unspecified atom stereocenters. The zero-order valence-corrected chi connectivity index (χ0v) is 12.0. The summed E-state index contributed by atoms with van der Waals surface area (Å²) in [5, 5.41) is 15.7. The van der Waals surface area contributed by atoms with Crippen molar-refractivity contribution in [1.29, 1.82) is 5.26 Å². The second-order valence-electron chi connectivity index (χ2n) is 4.47. The summed E-state index contributed by atoms with van der Waals surface area (Å²) in [5.41, 5.74) is 1.76. The van der Waals surface area contributed by atoms with Crippen LogP contribution < -0.4 is 0 Å². The van der Waals surface area contributed by atoms with Crippen LogP contribution in [0.1, 0.15) is 16.1 Å². The number of carbonyl (C=O) groups is 1. The minimum atomic E-state index is -0.457. The molecule has 0 aliphatic heterocycles. The Morgan fingerprint density at radius 1 is 1.26 bits per heavy atom. The van der Waals surface area contributed by atoms with Crippen LogP contribution in [0.4, 0.5) is 0 Å². The molecule has 0 bridgehead atoms. The highest BCUT2D eigenvalue weighted by Crippen LogP contribution is 2.19. The van der Waals surface area contributed by atoms with Crippen molar-refractivity contribution < 1.29 is 9.53 Å². The number of ether oxygens (including phenoxy) is 1. The van der Waals surface area contributed by atoms with Gasteiger partial charge in [0.2, 0.25) is 0 Å². The van der Waals surface area contributed by atoms with E-state index in [1.807, 2.05) is 6.07 Å². The van der Waals surface area contributed by atoms with Gasteiger partial charge in [-0.25, -0.2) is 14.8 Å². The maximum absolute atomic E-state index is 11.6. The molecule has 112 valence electrons. The number of aromatic amines is 1. The van der Waals surface area contributed by atoms with E-state index in [0.717, 1.165) is 0 Å². The van der Waals surface area contributed by atoms with Gasteiger partial charge in [0.25, 0.3) is 0 Å². The number of carbonyl (C=O) groups excluding carboxylic acids is 1. The van der Waals surface area contributed by atoms with Gasteiger partial charge in [-0.05, 0) is 24.3 Å². The molecule has 3 aromatic rings. The Labute approximate surface area is 130 Å². The SMILES string of the molecule is COC(=O)c1ccnc(-c2nc(-c3ccnc(C#N)c3)n[nH]2)c1. The highest BCUT2D eigenvalue weighted by Gasteiger charge is 2.12. The number of rotatable bonds is 3. The Balaban J connectivity index is 1.96. The predicted octanol–water partition coefficient (Wildman–Crippen LogP) is 1.59. The van der Waals surface area contributed by atoms with E-state index >= 15 is 0 Å². The predicted molar refractivity (Wildman–Crippen MR) is 78.9 cm³/mol. The number of aromatic nitrogens is 5. The number of hydrogen-bond acceptors (Lipinski definition) is 7. The highest BCUT2D eigenvalue weighted by molar-refractivity contribution is 5.90. The lowest BCUT2D eigenvalue weighted by molar-refractivity contribution is 0.0600. The molecule has 1 N–H and O–H groups in total. The largest absolute Gasteiger partial charge is 0.465 e. The van der Waals surface area contributed by atoms with Crippen LogP contribution in [0, 0.1) is 11.3 Å². The molecule has 0 fully saturated rings. The Hall–Kier alpha value is -3.60. The fourth-order valence-corrected chi connectivity index (χ4v) is 1.94. The average Bonchev–Trinajstić information content (AvgIpc) is 3.11. The molecule has 0 atom stereocenters. The first-order valence-electron chi connectivity index (χ1n) is 6.55. The molecule has 0 saturated carbocycles. The van der Waals surface area contributed by atoms with Crippen LogP contribution in [0.3, 0.4) is 0 Å². The molecular weight excluding hydrogens is 296 g/mol. The molecule has 0 radical (unpaired) electrons. The minimum Gasteiger partial charge on any atom is -0.465 e. The van der Waals surface area contributed by atoms with Gasteiger partial charge in [-0.3, -0.25) is 10.1 Å². The van der Waals surface area contributed by atoms with E-state index in [1.165, 1.54) is 19.5 Å². The fraction of sp³-hybridized carbons (Fsp3) is 0.0667. The van der Waals surface area contributed by atoms with Crippen LogP contribution in [-0.4, -0.2) is 38.2 Å². The third-order valence-electron chi connectivity index (χ3n) is 3.04. The number of H-pyrrole nitrogens is 1. The molecule has 3 aromatic heterocycles. The lowest BCUT2D eigenvalue weighted by Crippen LogP contribution is -2.01. The maximum Gasteiger partial charge on any atom is 0.337 e. The number of nitrogens with one attached hydrogen (secondary N) is 1. The van der Waals surface area contributed by atoms with Crippen LogP contribution >= 0.6 is 0 Å². The van der Waals surface area contributed by atoms with Gasteiger partial charge >= 0.3 is 5.97 Å². The fourth-order valence-electron chi connectivity index (χ4n) is 1.94. The molecule has 0 aliphatic carbocycles. The van der Waals surface area contributed by atoms with Gasteiger partial charge in [-0.2, -0.15) is 10.4 Å². The quantitative estimate of drug-likeness (QED) is 0.730.